The molecule has 33 heavy (non-hydrogen) atoms. The van der Waals surface area contributed by atoms with Gasteiger partial charge in [-0.15, -0.1) is 0 Å². The Morgan fingerprint density at radius 2 is 1.52 bits per heavy atom. The minimum atomic E-state index is -4.13. The van der Waals surface area contributed by atoms with E-state index in [2.05, 4.69) is 55.1 Å². The summed E-state index contributed by atoms with van der Waals surface area (Å²) in [7, 11) is -4.13. The summed E-state index contributed by atoms with van der Waals surface area (Å²) in [5.41, 5.74) is 5.12. The largest absolute Gasteiger partial charge is 0.330 e. The normalized spacial score (nSPS) is 14.0. The van der Waals surface area contributed by atoms with Gasteiger partial charge in [-0.3, -0.25) is 9.54 Å². The number of pyridine rings is 1. The van der Waals surface area contributed by atoms with Crippen molar-refractivity contribution >= 4 is 33.3 Å². The van der Waals surface area contributed by atoms with Crippen LogP contribution in [0.4, 0.5) is 11.4 Å². The zero-order chi connectivity index (χ0) is 23.4. The van der Waals surface area contributed by atoms with Crippen LogP contribution in [0, 0.1) is 0 Å². The summed E-state index contributed by atoms with van der Waals surface area (Å²) in [6.07, 6.45) is 3.93. The van der Waals surface area contributed by atoms with E-state index in [1.165, 1.54) is 0 Å². The number of benzene rings is 2. The highest BCUT2D eigenvalue weighted by Gasteiger charge is 2.33. The Bertz CT molecular complexity index is 1180. The first kappa shape index (κ1) is 23.8. The highest BCUT2D eigenvalue weighted by atomic mass is 32.2. The van der Waals surface area contributed by atoms with E-state index in [1.54, 1.807) is 11.8 Å². The van der Waals surface area contributed by atoms with Crippen LogP contribution in [0.5, 0.6) is 0 Å². The van der Waals surface area contributed by atoms with Crippen LogP contribution in [0.2, 0.25) is 0 Å². The molecule has 0 aliphatic carbocycles. The molecule has 0 amide bonds. The fourth-order valence-electron chi connectivity index (χ4n) is 4.43. The summed E-state index contributed by atoms with van der Waals surface area (Å²) in [5, 5.41) is 0. The molecular formula is C26H30N2O3S2. The van der Waals surface area contributed by atoms with Gasteiger partial charge in [0.25, 0.3) is 10.1 Å². The summed E-state index contributed by atoms with van der Waals surface area (Å²) >= 11 is 1.72. The maximum Gasteiger partial charge on any atom is 0.264 e. The maximum atomic E-state index is 11.8. The third-order valence-electron chi connectivity index (χ3n) is 5.84. The molecule has 0 radical (unpaired) electrons. The molecule has 2 aromatic carbocycles. The molecule has 1 N–H and O–H groups in total. The van der Waals surface area contributed by atoms with Gasteiger partial charge in [0.2, 0.25) is 0 Å². The van der Waals surface area contributed by atoms with Gasteiger partial charge in [-0.05, 0) is 55.2 Å². The van der Waals surface area contributed by atoms with Gasteiger partial charge in [0.05, 0.1) is 28.9 Å². The topological polar surface area (TPSA) is 70.5 Å². The summed E-state index contributed by atoms with van der Waals surface area (Å²) < 4.78 is 33.3. The smallest absolute Gasteiger partial charge is 0.264 e. The van der Waals surface area contributed by atoms with Gasteiger partial charge in [-0.2, -0.15) is 8.42 Å². The molecule has 1 unspecified atom stereocenters. The monoisotopic (exact) mass is 482 g/mol. The molecule has 1 aromatic heterocycles. The molecule has 7 heteroatoms. The first-order valence-corrected chi connectivity index (χ1v) is 13.9. The molecule has 3 aromatic rings. The van der Waals surface area contributed by atoms with Crippen LogP contribution in [0.25, 0.3) is 0 Å². The van der Waals surface area contributed by atoms with Crippen molar-refractivity contribution in [1.29, 1.82) is 0 Å². The Kier molecular flexibility index (Phi) is 7.41. The van der Waals surface area contributed by atoms with Crippen molar-refractivity contribution in [3.8, 4) is 0 Å². The lowest BCUT2D eigenvalue weighted by Crippen LogP contribution is -2.30. The Labute approximate surface area is 201 Å². The van der Waals surface area contributed by atoms with Crippen LogP contribution >= 0.6 is 11.8 Å². The second-order valence-electron chi connectivity index (χ2n) is 8.34. The minimum absolute atomic E-state index is 0.242. The molecule has 0 saturated carbocycles. The Balaban J connectivity index is 1.92. The van der Waals surface area contributed by atoms with Crippen LogP contribution in [0.1, 0.15) is 56.1 Å². The van der Waals surface area contributed by atoms with E-state index in [0.717, 1.165) is 63.8 Å². The molecular weight excluding hydrogens is 452 g/mol. The highest BCUT2D eigenvalue weighted by Crippen LogP contribution is 2.51. The molecule has 174 valence electrons. The number of anilines is 2. The van der Waals surface area contributed by atoms with Gasteiger partial charge in [-0.25, -0.2) is 0 Å². The van der Waals surface area contributed by atoms with Gasteiger partial charge < -0.3 is 4.90 Å². The quantitative estimate of drug-likeness (QED) is 0.346. The van der Waals surface area contributed by atoms with E-state index in [9.17, 15) is 13.0 Å². The van der Waals surface area contributed by atoms with E-state index in [0.29, 0.717) is 0 Å². The number of hydrogen-bond acceptors (Lipinski definition) is 5. The zero-order valence-electron chi connectivity index (χ0n) is 19.1. The first-order valence-electron chi connectivity index (χ1n) is 11.5. The average Bonchev–Trinajstić information content (AvgIpc) is 2.79. The minimum Gasteiger partial charge on any atom is -0.330 e. The van der Waals surface area contributed by atoms with E-state index in [1.807, 2.05) is 24.3 Å². The standard InChI is InChI=1S/C26H30N2O3S2/c1-3-9-19-15-16-20(10-4-2)27-26(19)23(17-18-33(29,30)31)28-21-11-5-7-13-24(21)32-25-14-8-6-12-22(25)28/h5-8,11-16,23H,3-4,9-10,17-18H2,1-2H3,(H,29,30,31). The number of para-hydroxylation sites is 2. The molecule has 0 spiro atoms. The Hall–Kier alpha value is -2.35. The molecule has 1 aliphatic rings. The zero-order valence-corrected chi connectivity index (χ0v) is 20.7. The predicted molar refractivity (Wildman–Crippen MR) is 135 cm³/mol. The van der Waals surface area contributed by atoms with Crippen LogP contribution < -0.4 is 4.90 Å². The molecule has 0 bridgehead atoms. The molecule has 5 nitrogen and oxygen atoms in total. The lowest BCUT2D eigenvalue weighted by Gasteiger charge is -2.39. The van der Waals surface area contributed by atoms with Crippen LogP contribution in [-0.2, 0) is 23.0 Å². The molecule has 4 rings (SSSR count). The van der Waals surface area contributed by atoms with Gasteiger partial charge >= 0.3 is 0 Å². The number of nitrogens with zero attached hydrogens (tertiary/aromatic N) is 2. The van der Waals surface area contributed by atoms with Crippen molar-refractivity contribution < 1.29 is 13.0 Å². The lowest BCUT2D eigenvalue weighted by molar-refractivity contribution is 0.476. The van der Waals surface area contributed by atoms with Crippen molar-refractivity contribution in [2.75, 3.05) is 10.7 Å². The van der Waals surface area contributed by atoms with E-state index in [4.69, 9.17) is 4.98 Å². The van der Waals surface area contributed by atoms with Crippen molar-refractivity contribution in [3.63, 3.8) is 0 Å². The Morgan fingerprint density at radius 1 is 0.909 bits per heavy atom. The van der Waals surface area contributed by atoms with Gasteiger partial charge in [-0.1, -0.05) is 68.8 Å². The second-order valence-corrected chi connectivity index (χ2v) is 11.0. The third-order valence-corrected chi connectivity index (χ3v) is 7.72. The van der Waals surface area contributed by atoms with E-state index < -0.39 is 10.1 Å². The lowest BCUT2D eigenvalue weighted by atomic mass is 9.97. The summed E-state index contributed by atoms with van der Waals surface area (Å²) in [4.78, 5) is 9.54. The van der Waals surface area contributed by atoms with Gasteiger partial charge in [0.1, 0.15) is 0 Å². The van der Waals surface area contributed by atoms with Gasteiger partial charge in [0, 0.05) is 15.5 Å². The number of aryl methyl sites for hydroxylation is 2. The van der Waals surface area contributed by atoms with Crippen LogP contribution in [0.15, 0.2) is 70.5 Å². The third kappa shape index (κ3) is 5.42. The average molecular weight is 483 g/mol. The molecule has 2 heterocycles. The number of fused-ring (bicyclic) bond motifs is 2. The van der Waals surface area contributed by atoms with E-state index in [-0.39, 0.29) is 18.2 Å². The summed E-state index contributed by atoms with van der Waals surface area (Å²) in [6, 6.07) is 20.3. The Morgan fingerprint density at radius 3 is 2.09 bits per heavy atom. The highest BCUT2D eigenvalue weighted by molar-refractivity contribution is 7.99. The van der Waals surface area contributed by atoms with Crippen molar-refractivity contribution in [2.45, 2.75) is 61.8 Å². The molecule has 0 fully saturated rings. The number of hydrogen-bond donors (Lipinski definition) is 1. The SMILES string of the molecule is CCCc1ccc(CCC)c(C(CCS(=O)(=O)O)N2c3ccccc3Sc3ccccc32)n1. The maximum absolute atomic E-state index is 11.8. The molecule has 0 saturated heterocycles. The fourth-order valence-corrected chi connectivity index (χ4v) is 6.02. The van der Waals surface area contributed by atoms with E-state index >= 15 is 0 Å². The van der Waals surface area contributed by atoms with Crippen molar-refractivity contribution in [1.82, 2.24) is 4.98 Å². The predicted octanol–water partition coefficient (Wildman–Crippen LogP) is 6.61. The summed E-state index contributed by atoms with van der Waals surface area (Å²) in [5.74, 6) is -0.323. The molecule has 1 atom stereocenters. The van der Waals surface area contributed by atoms with Crippen molar-refractivity contribution in [3.05, 3.63) is 77.6 Å². The first-order chi connectivity index (χ1) is 15.9. The van der Waals surface area contributed by atoms with Gasteiger partial charge in [0.15, 0.2) is 0 Å². The number of rotatable bonds is 9. The van der Waals surface area contributed by atoms with Crippen molar-refractivity contribution in [2.24, 2.45) is 0 Å². The summed E-state index contributed by atoms with van der Waals surface area (Å²) in [6.45, 7) is 4.27. The van der Waals surface area contributed by atoms with Crippen LogP contribution in [-0.4, -0.2) is 23.7 Å². The number of aromatic nitrogens is 1. The van der Waals surface area contributed by atoms with Crippen LogP contribution in [0.3, 0.4) is 0 Å². The molecule has 1 aliphatic heterocycles. The second kappa shape index (κ2) is 10.3. The fraction of sp³-hybridized carbons (Fsp3) is 0.346.